The lowest BCUT2D eigenvalue weighted by Gasteiger charge is -2.08. The zero-order valence-electron chi connectivity index (χ0n) is 10.7. The first kappa shape index (κ1) is 13.9. The minimum Gasteiger partial charge on any atom is -0.481 e. The number of benzene rings is 2. The highest BCUT2D eigenvalue weighted by atomic mass is 19.1. The Labute approximate surface area is 115 Å². The minimum absolute atomic E-state index is 0.0633. The number of carboxylic acids is 1. The molecule has 0 amide bonds. The summed E-state index contributed by atoms with van der Waals surface area (Å²) in [6, 6.07) is 12.9. The van der Waals surface area contributed by atoms with Crippen LogP contribution >= 0.6 is 0 Å². The molecule has 20 heavy (non-hydrogen) atoms. The lowest BCUT2D eigenvalue weighted by Crippen LogP contribution is -2.07. The maximum Gasteiger partial charge on any atom is 0.305 e. The van der Waals surface area contributed by atoms with Crippen molar-refractivity contribution >= 4 is 11.7 Å². The molecule has 2 rings (SSSR count). The second kappa shape index (κ2) is 6.56. The van der Waals surface area contributed by atoms with E-state index in [0.29, 0.717) is 18.0 Å². The number of nitrogens with one attached hydrogen (secondary N) is 1. The van der Waals surface area contributed by atoms with Crippen LogP contribution in [0.2, 0.25) is 0 Å². The molecule has 2 aromatic rings. The summed E-state index contributed by atoms with van der Waals surface area (Å²) in [6.45, 7) is 0.369. The summed E-state index contributed by atoms with van der Waals surface area (Å²) in [4.78, 5) is 10.4. The van der Waals surface area contributed by atoms with Crippen molar-refractivity contribution in [2.45, 2.75) is 6.42 Å². The molecular formula is C15H14FNO3. The molecule has 0 saturated carbocycles. The Morgan fingerprint density at radius 3 is 2.15 bits per heavy atom. The van der Waals surface area contributed by atoms with Crippen molar-refractivity contribution in [3.05, 3.63) is 54.3 Å². The van der Waals surface area contributed by atoms with E-state index < -0.39 is 5.97 Å². The van der Waals surface area contributed by atoms with Crippen LogP contribution in [-0.2, 0) is 4.79 Å². The zero-order valence-corrected chi connectivity index (χ0v) is 10.7. The van der Waals surface area contributed by atoms with Crippen LogP contribution in [0.4, 0.5) is 10.1 Å². The van der Waals surface area contributed by atoms with Crippen molar-refractivity contribution < 1.29 is 19.0 Å². The summed E-state index contributed by atoms with van der Waals surface area (Å²) in [5.74, 6) is 0.0301. The Morgan fingerprint density at radius 2 is 1.60 bits per heavy atom. The van der Waals surface area contributed by atoms with E-state index in [2.05, 4.69) is 5.32 Å². The number of hydrogen-bond donors (Lipinski definition) is 2. The Hall–Kier alpha value is -2.56. The first-order valence-corrected chi connectivity index (χ1v) is 6.12. The van der Waals surface area contributed by atoms with Crippen LogP contribution in [0, 0.1) is 5.82 Å². The van der Waals surface area contributed by atoms with Crippen LogP contribution in [0.5, 0.6) is 11.5 Å². The molecule has 0 bridgehead atoms. The molecule has 0 saturated heterocycles. The number of aliphatic carboxylic acids is 1. The number of halogens is 1. The highest BCUT2D eigenvalue weighted by molar-refractivity contribution is 5.67. The monoisotopic (exact) mass is 275 g/mol. The van der Waals surface area contributed by atoms with Gasteiger partial charge in [-0.25, -0.2) is 4.39 Å². The molecule has 2 aromatic carbocycles. The molecule has 0 unspecified atom stereocenters. The molecular weight excluding hydrogens is 261 g/mol. The fourth-order valence-corrected chi connectivity index (χ4v) is 1.59. The lowest BCUT2D eigenvalue weighted by molar-refractivity contribution is -0.136. The van der Waals surface area contributed by atoms with Crippen LogP contribution in [0.1, 0.15) is 6.42 Å². The molecule has 0 aliphatic carbocycles. The highest BCUT2D eigenvalue weighted by Crippen LogP contribution is 2.23. The Kier molecular flexibility index (Phi) is 4.55. The van der Waals surface area contributed by atoms with Gasteiger partial charge < -0.3 is 15.2 Å². The smallest absolute Gasteiger partial charge is 0.305 e. The fraction of sp³-hybridized carbons (Fsp3) is 0.133. The van der Waals surface area contributed by atoms with E-state index >= 15 is 0 Å². The molecule has 0 heterocycles. The van der Waals surface area contributed by atoms with Crippen LogP contribution in [0.3, 0.4) is 0 Å². The van der Waals surface area contributed by atoms with Gasteiger partial charge in [-0.05, 0) is 48.5 Å². The maximum absolute atomic E-state index is 12.7. The predicted octanol–water partition coefficient (Wildman–Crippen LogP) is 3.50. The highest BCUT2D eigenvalue weighted by Gasteiger charge is 2.00. The molecule has 2 N–H and O–H groups in total. The molecule has 0 atom stereocenters. The van der Waals surface area contributed by atoms with E-state index in [1.165, 1.54) is 12.1 Å². The third kappa shape index (κ3) is 4.28. The first-order valence-electron chi connectivity index (χ1n) is 6.12. The van der Waals surface area contributed by atoms with Crippen LogP contribution < -0.4 is 10.1 Å². The van der Waals surface area contributed by atoms with Gasteiger partial charge in [0.1, 0.15) is 17.3 Å². The standard InChI is InChI=1S/C15H14FNO3/c16-11-1-5-13(6-2-11)20-14-7-3-12(4-8-14)17-10-9-15(18)19/h1-8,17H,9-10H2,(H,18,19). The summed E-state index contributed by atoms with van der Waals surface area (Å²) in [6.07, 6.45) is 0.0633. The van der Waals surface area contributed by atoms with Crippen molar-refractivity contribution in [1.82, 2.24) is 0 Å². The Morgan fingerprint density at radius 1 is 1.05 bits per heavy atom. The number of hydrogen-bond acceptors (Lipinski definition) is 3. The van der Waals surface area contributed by atoms with Gasteiger partial charge in [0.25, 0.3) is 0 Å². The number of carbonyl (C=O) groups is 1. The molecule has 0 aliphatic rings. The van der Waals surface area contributed by atoms with Gasteiger partial charge in [-0.15, -0.1) is 0 Å². The molecule has 104 valence electrons. The molecule has 0 aliphatic heterocycles. The van der Waals surface area contributed by atoms with Gasteiger partial charge in [0.15, 0.2) is 0 Å². The van der Waals surface area contributed by atoms with Gasteiger partial charge in [-0.2, -0.15) is 0 Å². The van der Waals surface area contributed by atoms with Crippen LogP contribution in [0.25, 0.3) is 0 Å². The second-order valence-electron chi connectivity index (χ2n) is 4.15. The van der Waals surface area contributed by atoms with Crippen molar-refractivity contribution in [3.8, 4) is 11.5 Å². The van der Waals surface area contributed by atoms with Crippen LogP contribution in [0.15, 0.2) is 48.5 Å². The van der Waals surface area contributed by atoms with Crippen LogP contribution in [-0.4, -0.2) is 17.6 Å². The molecule has 0 fully saturated rings. The van der Waals surface area contributed by atoms with Crippen molar-refractivity contribution in [2.75, 3.05) is 11.9 Å². The van der Waals surface area contributed by atoms with Gasteiger partial charge in [-0.3, -0.25) is 4.79 Å². The van der Waals surface area contributed by atoms with E-state index in [0.717, 1.165) is 5.69 Å². The second-order valence-corrected chi connectivity index (χ2v) is 4.15. The topological polar surface area (TPSA) is 58.6 Å². The quantitative estimate of drug-likeness (QED) is 0.847. The number of ether oxygens (including phenoxy) is 1. The molecule has 4 nitrogen and oxygen atoms in total. The van der Waals surface area contributed by atoms with Gasteiger partial charge in [0.2, 0.25) is 0 Å². The van der Waals surface area contributed by atoms with E-state index in [1.54, 1.807) is 36.4 Å². The third-order valence-corrected chi connectivity index (χ3v) is 2.57. The van der Waals surface area contributed by atoms with Gasteiger partial charge in [0, 0.05) is 12.2 Å². The third-order valence-electron chi connectivity index (χ3n) is 2.57. The Balaban J connectivity index is 1.91. The van der Waals surface area contributed by atoms with E-state index in [9.17, 15) is 9.18 Å². The van der Waals surface area contributed by atoms with Gasteiger partial charge in [-0.1, -0.05) is 0 Å². The molecule has 5 heteroatoms. The predicted molar refractivity (Wildman–Crippen MR) is 73.7 cm³/mol. The average Bonchev–Trinajstić information content (AvgIpc) is 2.43. The maximum atomic E-state index is 12.7. The molecule has 0 radical (unpaired) electrons. The molecule has 0 aromatic heterocycles. The van der Waals surface area contributed by atoms with Gasteiger partial charge >= 0.3 is 5.97 Å². The summed E-state index contributed by atoms with van der Waals surface area (Å²) < 4.78 is 18.3. The summed E-state index contributed by atoms with van der Waals surface area (Å²) in [5.41, 5.74) is 0.817. The fourth-order valence-electron chi connectivity index (χ4n) is 1.59. The van der Waals surface area contributed by atoms with Crippen molar-refractivity contribution in [3.63, 3.8) is 0 Å². The number of rotatable bonds is 6. The Bertz CT molecular complexity index is 567. The molecule has 0 spiro atoms. The number of anilines is 1. The SMILES string of the molecule is O=C(O)CCNc1ccc(Oc2ccc(F)cc2)cc1. The van der Waals surface area contributed by atoms with E-state index in [-0.39, 0.29) is 12.2 Å². The minimum atomic E-state index is -0.839. The van der Waals surface area contributed by atoms with Crippen molar-refractivity contribution in [2.24, 2.45) is 0 Å². The zero-order chi connectivity index (χ0) is 14.4. The summed E-state index contributed by atoms with van der Waals surface area (Å²) in [5, 5.41) is 11.5. The summed E-state index contributed by atoms with van der Waals surface area (Å²) in [7, 11) is 0. The largest absolute Gasteiger partial charge is 0.481 e. The number of carboxylic acid groups (broad SMARTS) is 1. The van der Waals surface area contributed by atoms with Crippen molar-refractivity contribution in [1.29, 1.82) is 0 Å². The van der Waals surface area contributed by atoms with E-state index in [1.807, 2.05) is 0 Å². The normalized spacial score (nSPS) is 10.1. The first-order chi connectivity index (χ1) is 9.63. The lowest BCUT2D eigenvalue weighted by atomic mass is 10.3. The van der Waals surface area contributed by atoms with E-state index in [4.69, 9.17) is 9.84 Å². The summed E-state index contributed by atoms with van der Waals surface area (Å²) >= 11 is 0. The van der Waals surface area contributed by atoms with Gasteiger partial charge in [0.05, 0.1) is 6.42 Å². The average molecular weight is 275 g/mol.